The van der Waals surface area contributed by atoms with E-state index in [2.05, 4.69) is 10.3 Å². The van der Waals surface area contributed by atoms with E-state index >= 15 is 0 Å². The number of hydrogen-bond acceptors (Lipinski definition) is 4. The molecule has 1 fully saturated rings. The van der Waals surface area contributed by atoms with Crippen molar-refractivity contribution < 1.29 is 24.3 Å². The normalized spacial score (nSPS) is 20.6. The van der Waals surface area contributed by atoms with Gasteiger partial charge in [-0.05, 0) is 12.8 Å². The minimum atomic E-state index is -1.13. The second-order valence-corrected chi connectivity index (χ2v) is 3.54. The third kappa shape index (κ3) is 4.03. The number of nitrogens with one attached hydrogen (secondary N) is 1. The molecule has 1 atom stereocenters. The van der Waals surface area contributed by atoms with Crippen molar-refractivity contribution in [2.45, 2.75) is 18.9 Å². The zero-order chi connectivity index (χ0) is 12.0. The lowest BCUT2D eigenvalue weighted by Crippen LogP contribution is -2.47. The molecular formula is C9H16N2O5. The molecule has 0 bridgehead atoms. The van der Waals surface area contributed by atoms with E-state index in [0.29, 0.717) is 13.1 Å². The largest absolute Gasteiger partial charge is 0.479 e. The van der Waals surface area contributed by atoms with Gasteiger partial charge >= 0.3 is 12.0 Å². The van der Waals surface area contributed by atoms with Crippen LogP contribution in [0.3, 0.4) is 0 Å². The fraction of sp³-hybridized carbons (Fsp3) is 0.778. The number of aliphatic carboxylic acids is 1. The molecule has 1 aliphatic rings. The molecule has 7 nitrogen and oxygen atoms in total. The summed E-state index contributed by atoms with van der Waals surface area (Å²) < 4.78 is 5.16. The lowest BCUT2D eigenvalue weighted by atomic mass is 10.1. The number of carbonyl (C=O) groups excluding carboxylic acids is 1. The molecule has 0 aromatic heterocycles. The van der Waals surface area contributed by atoms with Crippen molar-refractivity contribution in [3.05, 3.63) is 0 Å². The molecule has 1 rings (SSSR count). The van der Waals surface area contributed by atoms with Crippen molar-refractivity contribution in [2.75, 3.05) is 26.8 Å². The van der Waals surface area contributed by atoms with Crippen molar-refractivity contribution >= 4 is 12.0 Å². The summed E-state index contributed by atoms with van der Waals surface area (Å²) in [5, 5.41) is 8.31. The SMILES string of the molecule is COC1CCCN(C(=O)NOCC(=O)O)C1. The monoisotopic (exact) mass is 232 g/mol. The third-order valence-corrected chi connectivity index (χ3v) is 2.35. The highest BCUT2D eigenvalue weighted by molar-refractivity contribution is 5.73. The van der Waals surface area contributed by atoms with E-state index < -0.39 is 18.6 Å². The number of urea groups is 1. The number of hydrogen-bond donors (Lipinski definition) is 2. The first kappa shape index (κ1) is 12.7. The highest BCUT2D eigenvalue weighted by Gasteiger charge is 2.23. The third-order valence-electron chi connectivity index (χ3n) is 2.35. The van der Waals surface area contributed by atoms with Crippen LogP contribution in [-0.2, 0) is 14.4 Å². The van der Waals surface area contributed by atoms with E-state index in [-0.39, 0.29) is 6.10 Å². The van der Waals surface area contributed by atoms with Gasteiger partial charge in [-0.1, -0.05) is 0 Å². The number of amides is 2. The van der Waals surface area contributed by atoms with Gasteiger partial charge in [0.1, 0.15) is 0 Å². The lowest BCUT2D eigenvalue weighted by Gasteiger charge is -2.31. The van der Waals surface area contributed by atoms with Crippen molar-refractivity contribution in [3.63, 3.8) is 0 Å². The standard InChI is InChI=1S/C9H16N2O5/c1-15-7-3-2-4-11(5-7)9(14)10-16-6-8(12)13/h7H,2-6H2,1H3,(H,10,14)(H,12,13). The second-order valence-electron chi connectivity index (χ2n) is 3.54. The maximum Gasteiger partial charge on any atom is 0.341 e. The summed E-state index contributed by atoms with van der Waals surface area (Å²) in [5.41, 5.74) is 2.08. The van der Waals surface area contributed by atoms with Gasteiger partial charge in [0, 0.05) is 20.2 Å². The Kier molecular flexibility index (Phi) is 5.00. The summed E-state index contributed by atoms with van der Waals surface area (Å²) in [4.78, 5) is 27.7. The Morgan fingerprint density at radius 3 is 2.94 bits per heavy atom. The number of piperidine rings is 1. The molecule has 0 spiro atoms. The summed E-state index contributed by atoms with van der Waals surface area (Å²) in [5.74, 6) is -1.13. The molecule has 0 aromatic carbocycles. The molecule has 16 heavy (non-hydrogen) atoms. The first-order chi connectivity index (χ1) is 7.63. The summed E-state index contributed by atoms with van der Waals surface area (Å²) in [6.07, 6.45) is 1.83. The van der Waals surface area contributed by atoms with Gasteiger partial charge in [0.2, 0.25) is 0 Å². The molecule has 7 heteroatoms. The highest BCUT2D eigenvalue weighted by atomic mass is 16.7. The smallest absolute Gasteiger partial charge is 0.341 e. The molecular weight excluding hydrogens is 216 g/mol. The van der Waals surface area contributed by atoms with Crippen LogP contribution in [-0.4, -0.2) is 54.9 Å². The van der Waals surface area contributed by atoms with Gasteiger partial charge in [0.15, 0.2) is 6.61 Å². The molecule has 0 aliphatic carbocycles. The summed E-state index contributed by atoms with van der Waals surface area (Å²) >= 11 is 0. The van der Waals surface area contributed by atoms with Gasteiger partial charge in [-0.2, -0.15) is 0 Å². The minimum Gasteiger partial charge on any atom is -0.479 e. The maximum absolute atomic E-state index is 11.5. The Bertz CT molecular complexity index is 258. The van der Waals surface area contributed by atoms with Crippen molar-refractivity contribution in [1.29, 1.82) is 0 Å². The predicted molar refractivity (Wildman–Crippen MR) is 53.7 cm³/mol. The number of methoxy groups -OCH3 is 1. The number of rotatable bonds is 4. The van der Waals surface area contributed by atoms with Gasteiger partial charge < -0.3 is 14.7 Å². The first-order valence-electron chi connectivity index (χ1n) is 5.04. The van der Waals surface area contributed by atoms with Gasteiger partial charge in [-0.25, -0.2) is 15.1 Å². The molecule has 1 aliphatic heterocycles. The zero-order valence-electron chi connectivity index (χ0n) is 9.14. The molecule has 0 radical (unpaired) electrons. The van der Waals surface area contributed by atoms with Gasteiger partial charge in [0.05, 0.1) is 6.10 Å². The average Bonchev–Trinajstić information content (AvgIpc) is 2.28. The Morgan fingerprint density at radius 1 is 1.56 bits per heavy atom. The Hall–Kier alpha value is -1.34. The number of carboxylic acids is 1. The van der Waals surface area contributed by atoms with Crippen LogP contribution in [0.25, 0.3) is 0 Å². The lowest BCUT2D eigenvalue weighted by molar-refractivity contribution is -0.144. The number of carbonyl (C=O) groups is 2. The highest BCUT2D eigenvalue weighted by Crippen LogP contribution is 2.12. The molecule has 1 saturated heterocycles. The molecule has 2 N–H and O–H groups in total. The topological polar surface area (TPSA) is 88.1 Å². The van der Waals surface area contributed by atoms with Gasteiger partial charge in [0.25, 0.3) is 0 Å². The predicted octanol–water partition coefficient (Wildman–Crippen LogP) is -0.177. The van der Waals surface area contributed by atoms with Gasteiger partial charge in [-0.15, -0.1) is 0 Å². The quantitative estimate of drug-likeness (QED) is 0.657. The van der Waals surface area contributed by atoms with Crippen LogP contribution < -0.4 is 5.48 Å². The summed E-state index contributed by atoms with van der Waals surface area (Å²) in [6.45, 7) is 0.578. The van der Waals surface area contributed by atoms with E-state index in [1.807, 2.05) is 0 Å². The Morgan fingerprint density at radius 2 is 2.31 bits per heavy atom. The zero-order valence-corrected chi connectivity index (χ0v) is 9.14. The Labute approximate surface area is 93.3 Å². The number of ether oxygens (including phenoxy) is 1. The van der Waals surface area contributed by atoms with E-state index in [0.717, 1.165) is 12.8 Å². The molecule has 1 unspecified atom stereocenters. The first-order valence-corrected chi connectivity index (χ1v) is 5.04. The van der Waals surface area contributed by atoms with Crippen molar-refractivity contribution in [1.82, 2.24) is 10.4 Å². The fourth-order valence-corrected chi connectivity index (χ4v) is 1.54. The van der Waals surface area contributed by atoms with Crippen LogP contribution in [0.4, 0.5) is 4.79 Å². The van der Waals surface area contributed by atoms with E-state index in [1.54, 1.807) is 12.0 Å². The molecule has 0 aromatic rings. The molecule has 0 saturated carbocycles. The number of hydroxylamine groups is 1. The molecule has 1 heterocycles. The van der Waals surface area contributed by atoms with E-state index in [4.69, 9.17) is 9.84 Å². The fourth-order valence-electron chi connectivity index (χ4n) is 1.54. The van der Waals surface area contributed by atoms with Crippen LogP contribution in [0.1, 0.15) is 12.8 Å². The van der Waals surface area contributed by atoms with Crippen molar-refractivity contribution in [2.24, 2.45) is 0 Å². The Balaban J connectivity index is 2.27. The maximum atomic E-state index is 11.5. The minimum absolute atomic E-state index is 0.0407. The van der Waals surface area contributed by atoms with Gasteiger partial charge in [-0.3, -0.25) is 4.84 Å². The summed E-state index contributed by atoms with van der Waals surface area (Å²) in [7, 11) is 1.60. The summed E-state index contributed by atoms with van der Waals surface area (Å²) in [6, 6.07) is -0.428. The van der Waals surface area contributed by atoms with E-state index in [1.165, 1.54) is 0 Å². The average molecular weight is 232 g/mol. The molecule has 92 valence electrons. The van der Waals surface area contributed by atoms with Crippen LogP contribution in [0.2, 0.25) is 0 Å². The number of likely N-dealkylation sites (tertiary alicyclic amines) is 1. The van der Waals surface area contributed by atoms with Crippen LogP contribution in [0, 0.1) is 0 Å². The number of nitrogens with zero attached hydrogens (tertiary/aromatic N) is 1. The van der Waals surface area contributed by atoms with Crippen molar-refractivity contribution in [3.8, 4) is 0 Å². The number of carboxylic acid groups (broad SMARTS) is 1. The molecule has 2 amide bonds. The van der Waals surface area contributed by atoms with Crippen LogP contribution in [0.5, 0.6) is 0 Å². The van der Waals surface area contributed by atoms with E-state index in [9.17, 15) is 9.59 Å². The van der Waals surface area contributed by atoms with Crippen LogP contribution in [0.15, 0.2) is 0 Å². The van der Waals surface area contributed by atoms with Crippen LogP contribution >= 0.6 is 0 Å². The second kappa shape index (κ2) is 6.29.